The van der Waals surface area contributed by atoms with Crippen molar-refractivity contribution in [2.24, 2.45) is 7.05 Å². The van der Waals surface area contributed by atoms with E-state index in [9.17, 15) is 13.2 Å². The van der Waals surface area contributed by atoms with E-state index in [1.165, 1.54) is 4.31 Å². The van der Waals surface area contributed by atoms with E-state index in [1.54, 1.807) is 35.9 Å². The number of hydrogen-bond donors (Lipinski definition) is 2. The van der Waals surface area contributed by atoms with Crippen molar-refractivity contribution in [1.29, 1.82) is 0 Å². The van der Waals surface area contributed by atoms with Gasteiger partial charge in [-0.05, 0) is 36.3 Å². The van der Waals surface area contributed by atoms with Crippen LogP contribution < -0.4 is 5.32 Å². The highest BCUT2D eigenvalue weighted by Crippen LogP contribution is 2.18. The van der Waals surface area contributed by atoms with E-state index >= 15 is 0 Å². The summed E-state index contributed by atoms with van der Waals surface area (Å²) in [7, 11) is -1.72. The third kappa shape index (κ3) is 4.85. The lowest BCUT2D eigenvalue weighted by atomic mass is 10.1. The van der Waals surface area contributed by atoms with Crippen LogP contribution in [0.5, 0.6) is 0 Å². The molecule has 2 aromatic rings. The Labute approximate surface area is 168 Å². The largest absolute Gasteiger partial charge is 0.379 e. The second-order valence-corrected chi connectivity index (χ2v) is 8.77. The third-order valence-corrected chi connectivity index (χ3v) is 6.87. The molecule has 1 aliphatic rings. The van der Waals surface area contributed by atoms with Crippen molar-refractivity contribution in [3.8, 4) is 0 Å². The predicted molar refractivity (Wildman–Crippen MR) is 105 cm³/mol. The maximum absolute atomic E-state index is 12.6. The number of aromatic amines is 1. The smallest absolute Gasteiger partial charge is 0.243 e. The molecule has 3 rings (SSSR count). The Morgan fingerprint density at radius 3 is 2.57 bits per heavy atom. The molecule has 2 heterocycles. The number of aromatic nitrogens is 3. The van der Waals surface area contributed by atoms with Gasteiger partial charge in [-0.3, -0.25) is 9.89 Å². The van der Waals surface area contributed by atoms with Crippen molar-refractivity contribution in [2.75, 3.05) is 26.3 Å². The van der Waals surface area contributed by atoms with Crippen molar-refractivity contribution in [3.05, 3.63) is 40.4 Å². The highest BCUT2D eigenvalue weighted by molar-refractivity contribution is 7.89. The summed E-state index contributed by atoms with van der Waals surface area (Å²) in [6, 6.07) is 6.68. The molecular formula is C17H23N5O4S2. The number of hydrogen-bond acceptors (Lipinski definition) is 6. The fraction of sp³-hybridized carbons (Fsp3) is 0.471. The number of benzene rings is 1. The molecule has 28 heavy (non-hydrogen) atoms. The van der Waals surface area contributed by atoms with Crippen LogP contribution in [-0.2, 0) is 39.6 Å². The van der Waals surface area contributed by atoms with E-state index in [-0.39, 0.29) is 10.8 Å². The Kier molecular flexibility index (Phi) is 6.60. The van der Waals surface area contributed by atoms with Gasteiger partial charge in [0.25, 0.3) is 0 Å². The minimum atomic E-state index is -3.50. The molecule has 0 unspecified atom stereocenters. The summed E-state index contributed by atoms with van der Waals surface area (Å²) in [6.45, 7) is 1.85. The lowest BCUT2D eigenvalue weighted by Crippen LogP contribution is -2.40. The third-order valence-electron chi connectivity index (χ3n) is 4.59. The van der Waals surface area contributed by atoms with E-state index in [0.717, 1.165) is 5.56 Å². The minimum Gasteiger partial charge on any atom is -0.379 e. The number of ether oxygens (including phenoxy) is 1. The van der Waals surface area contributed by atoms with Crippen molar-refractivity contribution in [1.82, 2.24) is 24.4 Å². The van der Waals surface area contributed by atoms with Crippen LogP contribution in [0.4, 0.5) is 0 Å². The van der Waals surface area contributed by atoms with Crippen LogP contribution in [0.1, 0.15) is 17.8 Å². The first-order valence-electron chi connectivity index (χ1n) is 8.92. The molecule has 11 heteroatoms. The molecule has 0 radical (unpaired) electrons. The molecule has 1 aliphatic heterocycles. The number of rotatable bonds is 7. The summed E-state index contributed by atoms with van der Waals surface area (Å²) in [5.41, 5.74) is 0.897. The molecule has 152 valence electrons. The zero-order valence-corrected chi connectivity index (χ0v) is 17.2. The number of carbonyl (C=O) groups is 1. The second-order valence-electron chi connectivity index (χ2n) is 6.44. The number of H-pyrrole nitrogens is 1. The van der Waals surface area contributed by atoms with Crippen molar-refractivity contribution < 1.29 is 17.9 Å². The Balaban J connectivity index is 1.52. The predicted octanol–water partition coefficient (Wildman–Crippen LogP) is 0.748. The van der Waals surface area contributed by atoms with E-state index < -0.39 is 10.0 Å². The number of morpholine rings is 1. The van der Waals surface area contributed by atoms with Gasteiger partial charge < -0.3 is 14.6 Å². The van der Waals surface area contributed by atoms with E-state index in [4.69, 9.17) is 17.0 Å². The van der Waals surface area contributed by atoms with E-state index in [1.807, 2.05) is 0 Å². The molecule has 2 N–H and O–H groups in total. The number of sulfonamides is 1. The lowest BCUT2D eigenvalue weighted by molar-refractivity contribution is -0.121. The molecular weight excluding hydrogens is 402 g/mol. The molecule has 1 aromatic carbocycles. The van der Waals surface area contributed by atoms with Crippen LogP contribution in [0.2, 0.25) is 0 Å². The van der Waals surface area contributed by atoms with Crippen molar-refractivity contribution in [3.63, 3.8) is 0 Å². The summed E-state index contributed by atoms with van der Waals surface area (Å²) >= 11 is 5.03. The number of nitrogens with zero attached hydrogens (tertiary/aromatic N) is 3. The topological polar surface area (TPSA) is 109 Å². The fourth-order valence-corrected chi connectivity index (χ4v) is 4.38. The molecule has 9 nitrogen and oxygen atoms in total. The average molecular weight is 426 g/mol. The summed E-state index contributed by atoms with van der Waals surface area (Å²) in [6.07, 6.45) is 0.813. The first-order chi connectivity index (χ1) is 13.4. The van der Waals surface area contributed by atoms with Crippen LogP contribution in [0.25, 0.3) is 0 Å². The quantitative estimate of drug-likeness (QED) is 0.634. The molecule has 0 bridgehead atoms. The maximum atomic E-state index is 12.6. The van der Waals surface area contributed by atoms with E-state index in [0.29, 0.717) is 56.3 Å². The van der Waals surface area contributed by atoms with Gasteiger partial charge >= 0.3 is 0 Å². The highest BCUT2D eigenvalue weighted by atomic mass is 32.2. The fourth-order valence-electron chi connectivity index (χ4n) is 2.83. The molecule has 1 fully saturated rings. The molecule has 1 aromatic heterocycles. The highest BCUT2D eigenvalue weighted by Gasteiger charge is 2.26. The second kappa shape index (κ2) is 8.95. The first kappa shape index (κ1) is 20.6. The number of nitrogens with one attached hydrogen (secondary N) is 2. The molecule has 0 spiro atoms. The first-order valence-corrected chi connectivity index (χ1v) is 10.8. The summed E-state index contributed by atoms with van der Waals surface area (Å²) in [5, 5.41) is 9.50. The average Bonchev–Trinajstić information content (AvgIpc) is 3.03. The van der Waals surface area contributed by atoms with Gasteiger partial charge in [0.05, 0.1) is 24.7 Å². The monoisotopic (exact) mass is 425 g/mol. The van der Waals surface area contributed by atoms with E-state index in [2.05, 4.69) is 15.5 Å². The Hall–Kier alpha value is -2.08. The molecule has 0 saturated carbocycles. The van der Waals surface area contributed by atoms with Crippen LogP contribution in [0, 0.1) is 4.77 Å². The Bertz CT molecular complexity index is 976. The van der Waals surface area contributed by atoms with Crippen LogP contribution in [0.3, 0.4) is 0 Å². The van der Waals surface area contributed by atoms with Crippen LogP contribution in [-0.4, -0.2) is 59.7 Å². The van der Waals surface area contributed by atoms with Gasteiger partial charge in [0.1, 0.15) is 0 Å². The normalized spacial score (nSPS) is 15.5. The van der Waals surface area contributed by atoms with Gasteiger partial charge in [-0.1, -0.05) is 12.1 Å². The standard InChI is InChI=1S/C17H23N5O4S2/c1-21-15(19-20-17(21)27)12-18-16(23)7-4-13-2-5-14(6-3-13)28(24,25)22-8-10-26-11-9-22/h2-3,5-6H,4,7-12H2,1H3,(H,18,23)(H,20,27). The van der Waals surface area contributed by atoms with Crippen LogP contribution in [0.15, 0.2) is 29.2 Å². The van der Waals surface area contributed by atoms with Gasteiger partial charge in [0.15, 0.2) is 10.6 Å². The summed E-state index contributed by atoms with van der Waals surface area (Å²) < 4.78 is 34.0. The number of carbonyl (C=O) groups excluding carboxylic acids is 1. The molecule has 0 atom stereocenters. The minimum absolute atomic E-state index is 0.112. The number of amides is 1. The lowest BCUT2D eigenvalue weighted by Gasteiger charge is -2.26. The van der Waals surface area contributed by atoms with Crippen molar-refractivity contribution in [2.45, 2.75) is 24.3 Å². The Morgan fingerprint density at radius 2 is 1.96 bits per heavy atom. The van der Waals surface area contributed by atoms with Gasteiger partial charge in [0.2, 0.25) is 15.9 Å². The van der Waals surface area contributed by atoms with Crippen molar-refractivity contribution >= 4 is 28.1 Å². The SMILES string of the molecule is Cn1c(CNC(=O)CCc2ccc(S(=O)(=O)N3CCOCC3)cc2)n[nH]c1=S. The molecule has 1 amide bonds. The van der Waals surface area contributed by atoms with Gasteiger partial charge in [-0.2, -0.15) is 9.40 Å². The molecule has 1 saturated heterocycles. The zero-order valence-electron chi connectivity index (χ0n) is 15.6. The van der Waals surface area contributed by atoms with Crippen LogP contribution >= 0.6 is 12.2 Å². The number of aryl methyl sites for hydroxylation is 1. The molecule has 0 aliphatic carbocycles. The summed E-state index contributed by atoms with van der Waals surface area (Å²) in [5.74, 6) is 0.537. The summed E-state index contributed by atoms with van der Waals surface area (Å²) in [4.78, 5) is 12.3. The Morgan fingerprint density at radius 1 is 1.29 bits per heavy atom. The van der Waals surface area contributed by atoms with Gasteiger partial charge in [-0.15, -0.1) is 0 Å². The zero-order chi connectivity index (χ0) is 20.1. The maximum Gasteiger partial charge on any atom is 0.243 e. The van der Waals surface area contributed by atoms with Gasteiger partial charge in [0, 0.05) is 26.6 Å². The van der Waals surface area contributed by atoms with Gasteiger partial charge in [-0.25, -0.2) is 8.42 Å².